The molecule has 0 spiro atoms. The first-order valence-corrected chi connectivity index (χ1v) is 8.58. The van der Waals surface area contributed by atoms with E-state index >= 15 is 0 Å². The third-order valence-electron chi connectivity index (χ3n) is 4.48. The molecule has 4 rings (SSSR count). The van der Waals surface area contributed by atoms with Crippen molar-refractivity contribution < 1.29 is 4.79 Å². The molecule has 0 unspecified atom stereocenters. The molecule has 0 aliphatic carbocycles. The SMILES string of the molecule is Cc1cc(-c2ccc3cccnc3c2)nc2cnn(CCCC(N)=O)c12. The molecule has 6 heteroatoms. The molecule has 26 heavy (non-hydrogen) atoms. The highest BCUT2D eigenvalue weighted by Crippen LogP contribution is 2.26. The lowest BCUT2D eigenvalue weighted by molar-refractivity contribution is -0.118. The Morgan fingerprint density at radius 1 is 1.19 bits per heavy atom. The minimum atomic E-state index is -0.288. The monoisotopic (exact) mass is 345 g/mol. The number of nitrogens with two attached hydrogens (primary N) is 1. The van der Waals surface area contributed by atoms with Crippen LogP contribution in [0.5, 0.6) is 0 Å². The van der Waals surface area contributed by atoms with Gasteiger partial charge in [0.05, 0.1) is 22.9 Å². The maximum Gasteiger partial charge on any atom is 0.217 e. The van der Waals surface area contributed by atoms with E-state index in [0.29, 0.717) is 19.4 Å². The van der Waals surface area contributed by atoms with Gasteiger partial charge in [0.15, 0.2) is 0 Å². The van der Waals surface area contributed by atoms with Crippen molar-refractivity contribution in [1.29, 1.82) is 0 Å². The smallest absolute Gasteiger partial charge is 0.217 e. The van der Waals surface area contributed by atoms with Crippen LogP contribution in [-0.2, 0) is 11.3 Å². The van der Waals surface area contributed by atoms with Gasteiger partial charge in [0.2, 0.25) is 5.91 Å². The summed E-state index contributed by atoms with van der Waals surface area (Å²) in [6.07, 6.45) is 4.60. The molecular weight excluding hydrogens is 326 g/mol. The topological polar surface area (TPSA) is 86.7 Å². The first kappa shape index (κ1) is 16.2. The van der Waals surface area contributed by atoms with Crippen LogP contribution in [0, 0.1) is 6.92 Å². The molecule has 3 heterocycles. The lowest BCUT2D eigenvalue weighted by Gasteiger charge is -2.08. The number of fused-ring (bicyclic) bond motifs is 2. The molecule has 0 radical (unpaired) electrons. The van der Waals surface area contributed by atoms with Crippen molar-refractivity contribution in [3.63, 3.8) is 0 Å². The third-order valence-corrected chi connectivity index (χ3v) is 4.48. The number of nitrogens with zero attached hydrogens (tertiary/aromatic N) is 4. The third kappa shape index (κ3) is 3.01. The number of aryl methyl sites for hydroxylation is 2. The molecular formula is C20H19N5O. The molecule has 0 atom stereocenters. The Bertz CT molecular complexity index is 1120. The average molecular weight is 345 g/mol. The summed E-state index contributed by atoms with van der Waals surface area (Å²) in [5.41, 5.74) is 11.0. The van der Waals surface area contributed by atoms with E-state index in [1.54, 1.807) is 12.4 Å². The fourth-order valence-electron chi connectivity index (χ4n) is 3.24. The minimum absolute atomic E-state index is 0.288. The maximum absolute atomic E-state index is 10.9. The quantitative estimate of drug-likeness (QED) is 0.602. The molecule has 0 saturated carbocycles. The second kappa shape index (κ2) is 6.55. The van der Waals surface area contributed by atoms with Gasteiger partial charge in [-0.25, -0.2) is 4.98 Å². The van der Waals surface area contributed by atoms with Crippen LogP contribution >= 0.6 is 0 Å². The molecule has 1 aromatic carbocycles. The number of carbonyl (C=O) groups excluding carboxylic acids is 1. The number of benzene rings is 1. The van der Waals surface area contributed by atoms with Gasteiger partial charge in [-0.2, -0.15) is 5.10 Å². The molecule has 3 aromatic heterocycles. The number of rotatable bonds is 5. The molecule has 0 fully saturated rings. The molecule has 0 bridgehead atoms. The fourth-order valence-corrected chi connectivity index (χ4v) is 3.24. The average Bonchev–Trinajstić information content (AvgIpc) is 3.04. The Morgan fingerprint density at radius 3 is 2.92 bits per heavy atom. The minimum Gasteiger partial charge on any atom is -0.370 e. The highest BCUT2D eigenvalue weighted by molar-refractivity contribution is 5.86. The van der Waals surface area contributed by atoms with Crippen LogP contribution in [0.25, 0.3) is 33.2 Å². The van der Waals surface area contributed by atoms with Crippen LogP contribution in [0.15, 0.2) is 48.8 Å². The highest BCUT2D eigenvalue weighted by atomic mass is 16.1. The molecule has 2 N–H and O–H groups in total. The van der Waals surface area contributed by atoms with Gasteiger partial charge in [0, 0.05) is 30.1 Å². The predicted molar refractivity (Wildman–Crippen MR) is 101 cm³/mol. The number of amides is 1. The summed E-state index contributed by atoms with van der Waals surface area (Å²) < 4.78 is 1.90. The lowest BCUT2D eigenvalue weighted by atomic mass is 10.1. The van der Waals surface area contributed by atoms with Crippen molar-refractivity contribution in [3.05, 3.63) is 54.4 Å². The van der Waals surface area contributed by atoms with E-state index in [-0.39, 0.29) is 5.91 Å². The number of primary amides is 1. The molecule has 6 nitrogen and oxygen atoms in total. The van der Waals surface area contributed by atoms with Crippen molar-refractivity contribution in [2.75, 3.05) is 0 Å². The van der Waals surface area contributed by atoms with E-state index in [0.717, 1.165) is 38.8 Å². The lowest BCUT2D eigenvalue weighted by Crippen LogP contribution is -2.12. The van der Waals surface area contributed by atoms with Crippen LogP contribution in [0.1, 0.15) is 18.4 Å². The Hall–Kier alpha value is -3.28. The first-order valence-electron chi connectivity index (χ1n) is 8.58. The van der Waals surface area contributed by atoms with Crippen LogP contribution in [0.4, 0.5) is 0 Å². The summed E-state index contributed by atoms with van der Waals surface area (Å²) in [6.45, 7) is 2.70. The first-order chi connectivity index (χ1) is 12.6. The Morgan fingerprint density at radius 2 is 2.08 bits per heavy atom. The Kier molecular flexibility index (Phi) is 4.08. The van der Waals surface area contributed by atoms with Gasteiger partial charge in [-0.05, 0) is 37.1 Å². The Labute approximate surface area is 150 Å². The van der Waals surface area contributed by atoms with Crippen molar-refractivity contribution in [3.8, 4) is 11.3 Å². The number of carbonyl (C=O) groups is 1. The zero-order valence-electron chi connectivity index (χ0n) is 14.5. The van der Waals surface area contributed by atoms with Crippen molar-refractivity contribution in [1.82, 2.24) is 19.7 Å². The van der Waals surface area contributed by atoms with E-state index in [4.69, 9.17) is 10.7 Å². The zero-order valence-corrected chi connectivity index (χ0v) is 14.5. The Balaban J connectivity index is 1.71. The largest absolute Gasteiger partial charge is 0.370 e. The summed E-state index contributed by atoms with van der Waals surface area (Å²) >= 11 is 0. The number of hydrogen-bond donors (Lipinski definition) is 1. The summed E-state index contributed by atoms with van der Waals surface area (Å²) in [5, 5.41) is 5.54. The molecule has 0 aliphatic heterocycles. The summed E-state index contributed by atoms with van der Waals surface area (Å²) in [5.74, 6) is -0.288. The van der Waals surface area contributed by atoms with E-state index in [1.807, 2.05) is 16.8 Å². The maximum atomic E-state index is 10.9. The normalized spacial score (nSPS) is 11.3. The summed E-state index contributed by atoms with van der Waals surface area (Å²) in [7, 11) is 0. The van der Waals surface area contributed by atoms with Gasteiger partial charge in [0.25, 0.3) is 0 Å². The summed E-state index contributed by atoms with van der Waals surface area (Å²) in [4.78, 5) is 20.1. The van der Waals surface area contributed by atoms with Gasteiger partial charge in [0.1, 0.15) is 5.52 Å². The molecule has 130 valence electrons. The van der Waals surface area contributed by atoms with Crippen LogP contribution in [0.3, 0.4) is 0 Å². The predicted octanol–water partition coefficient (Wildman–Crippen LogP) is 3.22. The second-order valence-corrected chi connectivity index (χ2v) is 6.41. The van der Waals surface area contributed by atoms with Gasteiger partial charge < -0.3 is 5.73 Å². The number of aromatic nitrogens is 4. The van der Waals surface area contributed by atoms with Gasteiger partial charge in [-0.3, -0.25) is 14.5 Å². The van der Waals surface area contributed by atoms with Gasteiger partial charge in [-0.15, -0.1) is 0 Å². The molecule has 0 saturated heterocycles. The molecule has 0 aliphatic rings. The van der Waals surface area contributed by atoms with E-state index in [9.17, 15) is 4.79 Å². The molecule has 4 aromatic rings. The van der Waals surface area contributed by atoms with Crippen LogP contribution in [0.2, 0.25) is 0 Å². The zero-order chi connectivity index (χ0) is 18.1. The fraction of sp³-hybridized carbons (Fsp3) is 0.200. The van der Waals surface area contributed by atoms with E-state index < -0.39 is 0 Å². The summed E-state index contributed by atoms with van der Waals surface area (Å²) in [6, 6.07) is 12.2. The van der Waals surface area contributed by atoms with Gasteiger partial charge >= 0.3 is 0 Å². The standard InChI is InChI=1S/C20H19N5O/c1-13-10-17(15-7-6-14-4-2-8-22-16(14)11-15)24-18-12-23-25(20(13)18)9-3-5-19(21)26/h2,4,6-8,10-12H,3,5,9H2,1H3,(H2,21,26). The molecule has 1 amide bonds. The van der Waals surface area contributed by atoms with Crippen LogP contribution < -0.4 is 5.73 Å². The van der Waals surface area contributed by atoms with E-state index in [1.165, 1.54) is 0 Å². The highest BCUT2D eigenvalue weighted by Gasteiger charge is 2.11. The number of hydrogen-bond acceptors (Lipinski definition) is 4. The van der Waals surface area contributed by atoms with Gasteiger partial charge in [-0.1, -0.05) is 18.2 Å². The van der Waals surface area contributed by atoms with Crippen molar-refractivity contribution in [2.24, 2.45) is 5.73 Å². The van der Waals surface area contributed by atoms with Crippen molar-refractivity contribution >= 4 is 27.8 Å². The van der Waals surface area contributed by atoms with Crippen molar-refractivity contribution in [2.45, 2.75) is 26.3 Å². The second-order valence-electron chi connectivity index (χ2n) is 6.41. The van der Waals surface area contributed by atoms with E-state index in [2.05, 4.69) is 41.3 Å². The van der Waals surface area contributed by atoms with Crippen LogP contribution in [-0.4, -0.2) is 25.7 Å². The number of pyridine rings is 2.